The SMILES string of the molecule is O=Cc1cc(C(F)(F)F)ccc1OCC(=O)O. The fourth-order valence-corrected chi connectivity index (χ4v) is 1.09. The van der Waals surface area contributed by atoms with Crippen LogP contribution in [0.2, 0.25) is 0 Å². The van der Waals surface area contributed by atoms with Crippen molar-refractivity contribution in [3.05, 3.63) is 29.3 Å². The third-order valence-corrected chi connectivity index (χ3v) is 1.82. The Kier molecular flexibility index (Phi) is 3.72. The first-order valence-electron chi connectivity index (χ1n) is 4.35. The highest BCUT2D eigenvalue weighted by atomic mass is 19.4. The second kappa shape index (κ2) is 4.86. The van der Waals surface area contributed by atoms with E-state index in [0.717, 1.165) is 6.07 Å². The maximum atomic E-state index is 12.3. The van der Waals surface area contributed by atoms with Gasteiger partial charge in [-0.3, -0.25) is 4.79 Å². The van der Waals surface area contributed by atoms with Crippen molar-refractivity contribution in [3.8, 4) is 5.75 Å². The molecule has 0 spiro atoms. The molecule has 0 saturated heterocycles. The van der Waals surface area contributed by atoms with Gasteiger partial charge in [0.15, 0.2) is 12.9 Å². The molecule has 0 bridgehead atoms. The molecule has 0 heterocycles. The van der Waals surface area contributed by atoms with Gasteiger partial charge in [-0.15, -0.1) is 0 Å². The normalized spacial score (nSPS) is 11.0. The minimum absolute atomic E-state index is 0.173. The van der Waals surface area contributed by atoms with Crippen LogP contribution >= 0.6 is 0 Å². The third-order valence-electron chi connectivity index (χ3n) is 1.82. The van der Waals surface area contributed by atoms with Crippen LogP contribution in [0.5, 0.6) is 5.75 Å². The van der Waals surface area contributed by atoms with E-state index in [0.29, 0.717) is 12.1 Å². The predicted molar refractivity (Wildman–Crippen MR) is 50.0 cm³/mol. The van der Waals surface area contributed by atoms with Gasteiger partial charge in [-0.2, -0.15) is 13.2 Å². The summed E-state index contributed by atoms with van der Waals surface area (Å²) in [6, 6.07) is 2.23. The summed E-state index contributed by atoms with van der Waals surface area (Å²) in [6.07, 6.45) is -4.39. The quantitative estimate of drug-likeness (QED) is 0.827. The zero-order valence-corrected chi connectivity index (χ0v) is 8.32. The number of halogens is 3. The third kappa shape index (κ3) is 3.47. The predicted octanol–water partition coefficient (Wildman–Crippen LogP) is 1.98. The van der Waals surface area contributed by atoms with E-state index < -0.39 is 24.3 Å². The van der Waals surface area contributed by atoms with Crippen LogP contribution in [0.15, 0.2) is 18.2 Å². The van der Waals surface area contributed by atoms with Crippen molar-refractivity contribution in [1.82, 2.24) is 0 Å². The van der Waals surface area contributed by atoms with Gasteiger partial charge in [-0.25, -0.2) is 4.79 Å². The molecule has 1 aromatic rings. The molecule has 4 nitrogen and oxygen atoms in total. The molecule has 0 fully saturated rings. The first-order chi connectivity index (χ1) is 7.84. The summed E-state index contributed by atoms with van der Waals surface area (Å²) in [7, 11) is 0. The largest absolute Gasteiger partial charge is 0.481 e. The summed E-state index contributed by atoms with van der Waals surface area (Å²) in [5, 5.41) is 8.33. The Morgan fingerprint density at radius 2 is 2.06 bits per heavy atom. The van der Waals surface area contributed by atoms with E-state index in [9.17, 15) is 22.8 Å². The van der Waals surface area contributed by atoms with Crippen molar-refractivity contribution in [2.45, 2.75) is 6.18 Å². The maximum Gasteiger partial charge on any atom is 0.416 e. The number of aldehydes is 1. The smallest absolute Gasteiger partial charge is 0.416 e. The van der Waals surface area contributed by atoms with Crippen molar-refractivity contribution in [1.29, 1.82) is 0 Å². The summed E-state index contributed by atoms with van der Waals surface area (Å²) in [4.78, 5) is 20.8. The maximum absolute atomic E-state index is 12.3. The molecule has 17 heavy (non-hydrogen) atoms. The van der Waals surface area contributed by atoms with Gasteiger partial charge in [-0.1, -0.05) is 0 Å². The van der Waals surface area contributed by atoms with Crippen LogP contribution in [0.3, 0.4) is 0 Å². The molecule has 0 aromatic heterocycles. The van der Waals surface area contributed by atoms with Crippen LogP contribution in [-0.4, -0.2) is 24.0 Å². The van der Waals surface area contributed by atoms with Gasteiger partial charge in [-0.05, 0) is 18.2 Å². The zero-order chi connectivity index (χ0) is 13.1. The number of aliphatic carboxylic acids is 1. The standard InChI is InChI=1S/C10H7F3O4/c11-10(12,13)7-1-2-8(6(3-7)4-14)17-5-9(15)16/h1-4H,5H2,(H,15,16). The van der Waals surface area contributed by atoms with Gasteiger partial charge in [0.25, 0.3) is 0 Å². The molecule has 1 rings (SSSR count). The average molecular weight is 248 g/mol. The minimum Gasteiger partial charge on any atom is -0.481 e. The van der Waals surface area contributed by atoms with Gasteiger partial charge in [0.2, 0.25) is 0 Å². The van der Waals surface area contributed by atoms with Crippen LogP contribution in [-0.2, 0) is 11.0 Å². The Labute approximate surface area is 93.6 Å². The highest BCUT2D eigenvalue weighted by Crippen LogP contribution is 2.31. The Balaban J connectivity index is 3.01. The van der Waals surface area contributed by atoms with E-state index >= 15 is 0 Å². The topological polar surface area (TPSA) is 63.6 Å². The van der Waals surface area contributed by atoms with E-state index in [4.69, 9.17) is 5.11 Å². The lowest BCUT2D eigenvalue weighted by Gasteiger charge is -2.10. The van der Waals surface area contributed by atoms with E-state index in [1.807, 2.05) is 0 Å². The lowest BCUT2D eigenvalue weighted by molar-refractivity contribution is -0.140. The van der Waals surface area contributed by atoms with Crippen molar-refractivity contribution in [2.24, 2.45) is 0 Å². The summed E-state index contributed by atoms with van der Waals surface area (Å²) >= 11 is 0. The van der Waals surface area contributed by atoms with Crippen molar-refractivity contribution >= 4 is 12.3 Å². The van der Waals surface area contributed by atoms with Gasteiger partial charge >= 0.3 is 12.1 Å². The molecule has 0 radical (unpaired) electrons. The molecule has 0 saturated carbocycles. The summed E-state index contributed by atoms with van der Waals surface area (Å²) in [5.41, 5.74) is -1.34. The monoisotopic (exact) mass is 248 g/mol. The number of ether oxygens (including phenoxy) is 1. The summed E-state index contributed by atoms with van der Waals surface area (Å²) in [5.74, 6) is -1.49. The number of carboxylic acids is 1. The number of rotatable bonds is 4. The van der Waals surface area contributed by atoms with E-state index in [1.54, 1.807) is 0 Å². The molecule has 92 valence electrons. The number of alkyl halides is 3. The van der Waals surface area contributed by atoms with Crippen molar-refractivity contribution in [2.75, 3.05) is 6.61 Å². The van der Waals surface area contributed by atoms with E-state index in [2.05, 4.69) is 4.74 Å². The second-order valence-electron chi connectivity index (χ2n) is 3.05. The van der Waals surface area contributed by atoms with Gasteiger partial charge < -0.3 is 9.84 Å². The highest BCUT2D eigenvalue weighted by molar-refractivity contribution is 5.80. The average Bonchev–Trinajstić information content (AvgIpc) is 2.24. The van der Waals surface area contributed by atoms with Crippen molar-refractivity contribution in [3.63, 3.8) is 0 Å². The first kappa shape index (κ1) is 13.0. The van der Waals surface area contributed by atoms with Crippen LogP contribution in [0.4, 0.5) is 13.2 Å². The molecule has 0 atom stereocenters. The van der Waals surface area contributed by atoms with Gasteiger partial charge in [0.05, 0.1) is 11.1 Å². The number of carbonyl (C=O) groups excluding carboxylic acids is 1. The zero-order valence-electron chi connectivity index (χ0n) is 8.32. The van der Waals surface area contributed by atoms with Crippen LogP contribution in [0.25, 0.3) is 0 Å². The van der Waals surface area contributed by atoms with Crippen LogP contribution in [0, 0.1) is 0 Å². The number of carbonyl (C=O) groups is 2. The van der Waals surface area contributed by atoms with Crippen LogP contribution in [0.1, 0.15) is 15.9 Å². The number of carboxylic acid groups (broad SMARTS) is 1. The Morgan fingerprint density at radius 1 is 1.41 bits per heavy atom. The minimum atomic E-state index is -4.57. The molecular formula is C10H7F3O4. The van der Waals surface area contributed by atoms with Crippen molar-refractivity contribution < 1.29 is 32.6 Å². The summed E-state index contributed by atoms with van der Waals surface area (Å²) in [6.45, 7) is -0.730. The molecule has 7 heteroatoms. The molecule has 0 amide bonds. The molecule has 1 N–H and O–H groups in total. The van der Waals surface area contributed by atoms with E-state index in [1.165, 1.54) is 0 Å². The summed E-state index contributed by atoms with van der Waals surface area (Å²) < 4.78 is 41.6. The molecule has 0 aliphatic rings. The molecule has 0 aliphatic carbocycles. The Bertz CT molecular complexity index is 440. The first-order valence-corrected chi connectivity index (χ1v) is 4.35. The lowest BCUT2D eigenvalue weighted by atomic mass is 10.1. The Hall–Kier alpha value is -2.05. The molecule has 0 unspecified atom stereocenters. The Morgan fingerprint density at radius 3 is 2.53 bits per heavy atom. The van der Waals surface area contributed by atoms with Crippen LogP contribution < -0.4 is 4.74 Å². The molecular weight excluding hydrogens is 241 g/mol. The fraction of sp³-hybridized carbons (Fsp3) is 0.200. The lowest BCUT2D eigenvalue weighted by Crippen LogP contribution is -2.11. The molecule has 0 aliphatic heterocycles. The highest BCUT2D eigenvalue weighted by Gasteiger charge is 2.31. The van der Waals surface area contributed by atoms with E-state index in [-0.39, 0.29) is 17.6 Å². The second-order valence-corrected chi connectivity index (χ2v) is 3.05. The number of benzene rings is 1. The number of hydrogen-bond acceptors (Lipinski definition) is 3. The van der Waals surface area contributed by atoms with Gasteiger partial charge in [0.1, 0.15) is 5.75 Å². The molecule has 1 aromatic carbocycles. The van der Waals surface area contributed by atoms with Gasteiger partial charge in [0, 0.05) is 0 Å². The fourth-order valence-electron chi connectivity index (χ4n) is 1.09. The number of hydrogen-bond donors (Lipinski definition) is 1.